The van der Waals surface area contributed by atoms with Crippen molar-refractivity contribution in [2.75, 3.05) is 5.32 Å². The van der Waals surface area contributed by atoms with Crippen LogP contribution in [0.15, 0.2) is 30.3 Å². The first-order valence-corrected chi connectivity index (χ1v) is 6.04. The number of nitrogens with two attached hydrogens (primary N) is 1. The summed E-state index contributed by atoms with van der Waals surface area (Å²) in [5.74, 6) is -1.14. The zero-order valence-corrected chi connectivity index (χ0v) is 11.3. The van der Waals surface area contributed by atoms with Crippen molar-refractivity contribution in [3.05, 3.63) is 35.9 Å². The maximum Gasteiger partial charge on any atom is 0.244 e. The monoisotopic (exact) mass is 275 g/mol. The molecule has 0 fully saturated rings. The fourth-order valence-electron chi connectivity index (χ4n) is 1.39. The molecule has 0 spiro atoms. The van der Waals surface area contributed by atoms with Gasteiger partial charge in [-0.05, 0) is 30.7 Å². The van der Waals surface area contributed by atoms with Crippen molar-refractivity contribution in [1.29, 1.82) is 0 Å². The van der Waals surface area contributed by atoms with Gasteiger partial charge in [0.05, 0.1) is 0 Å². The lowest BCUT2D eigenvalue weighted by Crippen LogP contribution is -2.41. The van der Waals surface area contributed by atoms with Gasteiger partial charge in [-0.2, -0.15) is 0 Å². The summed E-state index contributed by atoms with van der Waals surface area (Å²) >= 11 is 0. The van der Waals surface area contributed by atoms with Crippen LogP contribution in [0.1, 0.15) is 19.4 Å². The van der Waals surface area contributed by atoms with Crippen LogP contribution in [0.4, 0.5) is 5.69 Å². The molecule has 0 saturated carbocycles. The summed E-state index contributed by atoms with van der Waals surface area (Å²) in [6, 6.07) is 6.25. The van der Waals surface area contributed by atoms with Gasteiger partial charge in [0.15, 0.2) is 0 Å². The summed E-state index contributed by atoms with van der Waals surface area (Å²) in [7, 11) is 0. The molecule has 4 N–H and O–H groups in total. The van der Waals surface area contributed by atoms with Crippen molar-refractivity contribution in [2.24, 2.45) is 5.73 Å². The summed E-state index contributed by atoms with van der Waals surface area (Å²) in [6.07, 6.45) is 2.91. The highest BCUT2D eigenvalue weighted by Crippen LogP contribution is 2.10. The van der Waals surface area contributed by atoms with Gasteiger partial charge in [-0.3, -0.25) is 14.4 Å². The van der Waals surface area contributed by atoms with Crippen molar-refractivity contribution in [3.63, 3.8) is 0 Å². The van der Waals surface area contributed by atoms with Gasteiger partial charge in [0.2, 0.25) is 17.7 Å². The minimum Gasteiger partial charge on any atom is -0.368 e. The Morgan fingerprint density at radius 3 is 2.30 bits per heavy atom. The third kappa shape index (κ3) is 5.34. The molecular formula is C14H17N3O3. The fourth-order valence-corrected chi connectivity index (χ4v) is 1.39. The normalized spacial score (nSPS) is 11.9. The SMILES string of the molecule is CC(=O)Nc1ccc(/C=C/C(=O)NC(C)C(N)=O)cc1. The Morgan fingerprint density at radius 1 is 1.20 bits per heavy atom. The molecule has 1 aromatic carbocycles. The van der Waals surface area contributed by atoms with E-state index in [2.05, 4.69) is 10.6 Å². The first-order chi connectivity index (χ1) is 9.38. The Hall–Kier alpha value is -2.63. The molecule has 1 unspecified atom stereocenters. The van der Waals surface area contributed by atoms with Crippen LogP contribution in [0.3, 0.4) is 0 Å². The topological polar surface area (TPSA) is 101 Å². The van der Waals surface area contributed by atoms with Crippen LogP contribution in [0.5, 0.6) is 0 Å². The molecule has 0 heterocycles. The highest BCUT2D eigenvalue weighted by atomic mass is 16.2. The molecule has 0 aliphatic heterocycles. The third-order valence-corrected chi connectivity index (χ3v) is 2.44. The van der Waals surface area contributed by atoms with Crippen LogP contribution in [0.25, 0.3) is 6.08 Å². The van der Waals surface area contributed by atoms with E-state index in [9.17, 15) is 14.4 Å². The number of primary amides is 1. The number of hydrogen-bond acceptors (Lipinski definition) is 3. The Labute approximate surface area is 117 Å². The highest BCUT2D eigenvalue weighted by molar-refractivity contribution is 5.95. The summed E-state index contributed by atoms with van der Waals surface area (Å²) in [5.41, 5.74) is 6.51. The predicted octanol–water partition coefficient (Wildman–Crippen LogP) is 0.648. The largest absolute Gasteiger partial charge is 0.368 e. The lowest BCUT2D eigenvalue weighted by molar-refractivity contribution is -0.124. The van der Waals surface area contributed by atoms with Crippen molar-refractivity contribution in [2.45, 2.75) is 19.9 Å². The van der Waals surface area contributed by atoms with E-state index >= 15 is 0 Å². The second kappa shape index (κ2) is 7.08. The molecule has 1 atom stereocenters. The molecule has 0 radical (unpaired) electrons. The van der Waals surface area contributed by atoms with Gasteiger partial charge in [0, 0.05) is 18.7 Å². The van der Waals surface area contributed by atoms with Crippen molar-refractivity contribution >= 4 is 29.5 Å². The molecule has 0 aliphatic rings. The van der Waals surface area contributed by atoms with Crippen molar-refractivity contribution < 1.29 is 14.4 Å². The molecule has 1 rings (SSSR count). The first-order valence-electron chi connectivity index (χ1n) is 6.04. The van der Waals surface area contributed by atoms with Crippen LogP contribution in [-0.2, 0) is 14.4 Å². The number of nitrogens with one attached hydrogen (secondary N) is 2. The van der Waals surface area contributed by atoms with Gasteiger partial charge in [0.1, 0.15) is 6.04 Å². The number of benzene rings is 1. The summed E-state index contributed by atoms with van der Waals surface area (Å²) < 4.78 is 0. The van der Waals surface area contributed by atoms with Gasteiger partial charge in [-0.15, -0.1) is 0 Å². The van der Waals surface area contributed by atoms with E-state index < -0.39 is 17.9 Å². The Kier molecular flexibility index (Phi) is 5.46. The Morgan fingerprint density at radius 2 is 1.80 bits per heavy atom. The summed E-state index contributed by atoms with van der Waals surface area (Å²) in [4.78, 5) is 33.1. The molecule has 1 aromatic rings. The van der Waals surface area contributed by atoms with Gasteiger partial charge >= 0.3 is 0 Å². The smallest absolute Gasteiger partial charge is 0.244 e. The van der Waals surface area contributed by atoms with Crippen LogP contribution in [0, 0.1) is 0 Å². The molecule has 6 heteroatoms. The summed E-state index contributed by atoms with van der Waals surface area (Å²) in [5, 5.41) is 5.07. The van der Waals surface area contributed by atoms with E-state index in [4.69, 9.17) is 5.73 Å². The molecule has 0 saturated heterocycles. The number of hydrogen-bond donors (Lipinski definition) is 3. The van der Waals surface area contributed by atoms with E-state index in [-0.39, 0.29) is 5.91 Å². The highest BCUT2D eigenvalue weighted by Gasteiger charge is 2.09. The first kappa shape index (κ1) is 15.4. The third-order valence-electron chi connectivity index (χ3n) is 2.44. The molecule has 0 bridgehead atoms. The quantitative estimate of drug-likeness (QED) is 0.687. The Balaban J connectivity index is 2.59. The molecular weight excluding hydrogens is 258 g/mol. The molecule has 20 heavy (non-hydrogen) atoms. The van der Waals surface area contributed by atoms with Crippen LogP contribution in [0.2, 0.25) is 0 Å². The van der Waals surface area contributed by atoms with Crippen LogP contribution >= 0.6 is 0 Å². The van der Waals surface area contributed by atoms with Gasteiger partial charge in [-0.1, -0.05) is 12.1 Å². The molecule has 3 amide bonds. The maximum atomic E-state index is 11.5. The lowest BCUT2D eigenvalue weighted by atomic mass is 10.2. The zero-order valence-electron chi connectivity index (χ0n) is 11.3. The number of carbonyl (C=O) groups excluding carboxylic acids is 3. The molecule has 106 valence electrons. The minimum absolute atomic E-state index is 0.145. The lowest BCUT2D eigenvalue weighted by Gasteiger charge is -2.07. The Bertz CT molecular complexity index is 535. The van der Waals surface area contributed by atoms with Crippen molar-refractivity contribution in [3.8, 4) is 0 Å². The van der Waals surface area contributed by atoms with E-state index in [0.717, 1.165) is 5.56 Å². The van der Waals surface area contributed by atoms with E-state index in [1.807, 2.05) is 0 Å². The van der Waals surface area contributed by atoms with E-state index in [1.54, 1.807) is 30.3 Å². The average molecular weight is 275 g/mol. The van der Waals surface area contributed by atoms with Gasteiger partial charge in [-0.25, -0.2) is 0 Å². The van der Waals surface area contributed by atoms with Crippen LogP contribution in [-0.4, -0.2) is 23.8 Å². The summed E-state index contributed by atoms with van der Waals surface area (Å²) in [6.45, 7) is 2.94. The van der Waals surface area contributed by atoms with E-state index in [1.165, 1.54) is 19.9 Å². The number of amides is 3. The van der Waals surface area contributed by atoms with Crippen molar-refractivity contribution in [1.82, 2.24) is 5.32 Å². The zero-order chi connectivity index (χ0) is 15.1. The average Bonchev–Trinajstić information content (AvgIpc) is 2.37. The fraction of sp³-hybridized carbons (Fsp3) is 0.214. The number of rotatable bonds is 5. The van der Waals surface area contributed by atoms with Crippen LogP contribution < -0.4 is 16.4 Å². The standard InChI is InChI=1S/C14H17N3O3/c1-9(14(15)20)16-13(19)8-5-11-3-6-12(7-4-11)17-10(2)18/h3-9H,1-2H3,(H2,15,20)(H,16,19)(H,17,18)/b8-5+. The number of anilines is 1. The molecule has 0 aromatic heterocycles. The van der Waals surface area contributed by atoms with E-state index in [0.29, 0.717) is 5.69 Å². The molecule has 0 aliphatic carbocycles. The minimum atomic E-state index is -0.714. The second-order valence-corrected chi connectivity index (χ2v) is 4.27. The van der Waals surface area contributed by atoms with Gasteiger partial charge < -0.3 is 16.4 Å². The van der Waals surface area contributed by atoms with Gasteiger partial charge in [0.25, 0.3) is 0 Å². The second-order valence-electron chi connectivity index (χ2n) is 4.27. The molecule has 6 nitrogen and oxygen atoms in total. The maximum absolute atomic E-state index is 11.5. The predicted molar refractivity (Wildman–Crippen MR) is 76.6 cm³/mol. The number of carbonyl (C=O) groups is 3.